The monoisotopic (exact) mass is 424 g/mol. The Bertz CT molecular complexity index is 566. The van der Waals surface area contributed by atoms with Crippen molar-refractivity contribution in [3.05, 3.63) is 0 Å². The summed E-state index contributed by atoms with van der Waals surface area (Å²) >= 11 is 0. The summed E-state index contributed by atoms with van der Waals surface area (Å²) in [6.45, 7) is 6.67. The maximum absolute atomic E-state index is 12.3. The summed E-state index contributed by atoms with van der Waals surface area (Å²) in [5.74, 6) is -3.47. The van der Waals surface area contributed by atoms with E-state index in [2.05, 4.69) is 16.0 Å². The van der Waals surface area contributed by atoms with Gasteiger partial charge in [0.05, 0.1) is 19.1 Å². The van der Waals surface area contributed by atoms with Crippen LogP contribution in [0.4, 0.5) is 13.2 Å². The van der Waals surface area contributed by atoms with E-state index in [1.165, 1.54) is 0 Å². The lowest BCUT2D eigenvalue weighted by atomic mass is 9.97. The molecule has 0 fully saturated rings. The van der Waals surface area contributed by atoms with E-state index in [0.29, 0.717) is 6.42 Å². The van der Waals surface area contributed by atoms with Crippen molar-refractivity contribution in [2.24, 2.45) is 5.92 Å². The number of Topliss-reactive ketones (excluding diaryl/α,β-unsaturated/α-hetero) is 1. The number of amides is 3. The zero-order valence-electron chi connectivity index (χ0n) is 17.2. The number of rotatable bonds is 13. The van der Waals surface area contributed by atoms with Crippen molar-refractivity contribution in [2.75, 3.05) is 19.6 Å². The highest BCUT2D eigenvalue weighted by atomic mass is 19.4. The van der Waals surface area contributed by atoms with Gasteiger partial charge in [-0.05, 0) is 19.3 Å². The van der Waals surface area contributed by atoms with Crippen LogP contribution in [-0.2, 0) is 19.2 Å². The van der Waals surface area contributed by atoms with Crippen molar-refractivity contribution in [1.82, 2.24) is 21.3 Å². The van der Waals surface area contributed by atoms with E-state index in [-0.39, 0.29) is 56.1 Å². The average Bonchev–Trinajstić information content (AvgIpc) is 2.61. The topological polar surface area (TPSA) is 116 Å². The fourth-order valence-electron chi connectivity index (χ4n) is 2.25. The minimum Gasteiger partial charge on any atom is -0.348 e. The summed E-state index contributed by atoms with van der Waals surface area (Å²) in [7, 11) is 0. The third-order valence-corrected chi connectivity index (χ3v) is 3.83. The molecule has 29 heavy (non-hydrogen) atoms. The first kappa shape index (κ1) is 26.8. The normalized spacial score (nSPS) is 12.6. The maximum atomic E-state index is 12.3. The highest BCUT2D eigenvalue weighted by Crippen LogP contribution is 2.14. The van der Waals surface area contributed by atoms with Crippen molar-refractivity contribution in [3.63, 3.8) is 0 Å². The van der Waals surface area contributed by atoms with Crippen LogP contribution in [-0.4, -0.2) is 61.4 Å². The third-order valence-electron chi connectivity index (χ3n) is 3.83. The number of carbonyl (C=O) groups excluding carboxylic acids is 4. The average molecular weight is 424 g/mol. The molecule has 0 unspecified atom stereocenters. The highest BCUT2D eigenvalue weighted by Gasteiger charge is 2.38. The van der Waals surface area contributed by atoms with E-state index >= 15 is 0 Å². The molecule has 8 nitrogen and oxygen atoms in total. The van der Waals surface area contributed by atoms with E-state index in [9.17, 15) is 32.3 Å². The summed E-state index contributed by atoms with van der Waals surface area (Å²) in [6, 6.07) is -0.699. The van der Waals surface area contributed by atoms with Crippen molar-refractivity contribution < 1.29 is 32.3 Å². The van der Waals surface area contributed by atoms with E-state index < -0.39 is 24.0 Å². The fraction of sp³-hybridized carbons (Fsp3) is 0.778. The van der Waals surface area contributed by atoms with Gasteiger partial charge in [-0.15, -0.1) is 0 Å². The second kappa shape index (κ2) is 13.1. The summed E-state index contributed by atoms with van der Waals surface area (Å²) in [5, 5.41) is 9.64. The van der Waals surface area contributed by atoms with Gasteiger partial charge >= 0.3 is 12.1 Å². The van der Waals surface area contributed by atoms with Crippen LogP contribution >= 0.6 is 0 Å². The molecule has 0 aliphatic heterocycles. The number of ketones is 1. The van der Waals surface area contributed by atoms with Crippen molar-refractivity contribution >= 4 is 23.5 Å². The standard InChI is InChI=1S/C18H31F3N4O4/c1-11(2)16(28)13(7-5-6-8-22-17(29)18(19,20)21)25-15(27)10-24-14(26)9-23-12(3)4/h11-13,23H,5-10H2,1-4H3,(H,22,29)(H,24,26)(H,25,27)/t13-/m0/s1. The molecule has 4 N–H and O–H groups in total. The van der Waals surface area contributed by atoms with Crippen LogP contribution in [0.2, 0.25) is 0 Å². The van der Waals surface area contributed by atoms with Gasteiger partial charge in [-0.2, -0.15) is 13.2 Å². The van der Waals surface area contributed by atoms with Gasteiger partial charge in [0.2, 0.25) is 11.8 Å². The molecule has 0 spiro atoms. The third kappa shape index (κ3) is 12.8. The van der Waals surface area contributed by atoms with Gasteiger partial charge in [-0.3, -0.25) is 19.2 Å². The summed E-state index contributed by atoms with van der Waals surface area (Å²) in [5.41, 5.74) is 0. The lowest BCUT2D eigenvalue weighted by Gasteiger charge is -2.20. The minimum absolute atomic E-state index is 0.0585. The van der Waals surface area contributed by atoms with E-state index in [1.54, 1.807) is 19.2 Å². The Hall–Kier alpha value is -2.17. The molecule has 0 saturated carbocycles. The molecular formula is C18H31F3N4O4. The van der Waals surface area contributed by atoms with Gasteiger partial charge in [0.25, 0.3) is 0 Å². The van der Waals surface area contributed by atoms with Crippen LogP contribution in [0, 0.1) is 5.92 Å². The molecule has 0 saturated heterocycles. The Morgan fingerprint density at radius 3 is 2.00 bits per heavy atom. The SMILES string of the molecule is CC(C)NCC(=O)NCC(=O)N[C@@H](CCCCNC(=O)C(F)(F)F)C(=O)C(C)C. The second-order valence-corrected chi connectivity index (χ2v) is 7.24. The Labute approximate surface area is 168 Å². The van der Waals surface area contributed by atoms with Gasteiger partial charge in [-0.25, -0.2) is 0 Å². The van der Waals surface area contributed by atoms with Crippen molar-refractivity contribution in [3.8, 4) is 0 Å². The molecule has 0 radical (unpaired) electrons. The van der Waals surface area contributed by atoms with Crippen molar-refractivity contribution in [1.29, 1.82) is 0 Å². The number of alkyl halides is 3. The number of nitrogens with one attached hydrogen (secondary N) is 4. The van der Waals surface area contributed by atoms with Gasteiger partial charge in [0, 0.05) is 18.5 Å². The Balaban J connectivity index is 4.42. The summed E-state index contributed by atoms with van der Waals surface area (Å²) in [6.07, 6.45) is -4.17. The van der Waals surface area contributed by atoms with Crippen LogP contribution < -0.4 is 21.3 Å². The molecule has 3 amide bonds. The molecule has 1 atom stereocenters. The molecule has 0 bridgehead atoms. The molecular weight excluding hydrogens is 393 g/mol. The van der Waals surface area contributed by atoms with E-state index in [1.807, 2.05) is 13.8 Å². The molecule has 0 aliphatic rings. The maximum Gasteiger partial charge on any atom is 0.471 e. The van der Waals surface area contributed by atoms with Gasteiger partial charge < -0.3 is 21.3 Å². The quantitative estimate of drug-likeness (QED) is 0.324. The second-order valence-electron chi connectivity index (χ2n) is 7.24. The Morgan fingerprint density at radius 1 is 0.862 bits per heavy atom. The van der Waals surface area contributed by atoms with Crippen LogP contribution in [0.15, 0.2) is 0 Å². The highest BCUT2D eigenvalue weighted by molar-refractivity contribution is 5.92. The Kier molecular flexibility index (Phi) is 12.1. The van der Waals surface area contributed by atoms with Crippen LogP contribution in [0.3, 0.4) is 0 Å². The lowest BCUT2D eigenvalue weighted by Crippen LogP contribution is -2.48. The first-order valence-corrected chi connectivity index (χ1v) is 9.52. The molecule has 0 heterocycles. The number of hydrogen-bond acceptors (Lipinski definition) is 5. The largest absolute Gasteiger partial charge is 0.471 e. The van der Waals surface area contributed by atoms with Gasteiger partial charge in [0.15, 0.2) is 5.78 Å². The molecule has 0 aromatic carbocycles. The fourth-order valence-corrected chi connectivity index (χ4v) is 2.25. The first-order valence-electron chi connectivity index (χ1n) is 9.52. The van der Waals surface area contributed by atoms with Crippen molar-refractivity contribution in [2.45, 2.75) is 65.2 Å². The first-order chi connectivity index (χ1) is 13.3. The number of hydrogen-bond donors (Lipinski definition) is 4. The molecule has 168 valence electrons. The lowest BCUT2D eigenvalue weighted by molar-refractivity contribution is -0.173. The summed E-state index contributed by atoms with van der Waals surface area (Å²) < 4.78 is 36.3. The smallest absolute Gasteiger partial charge is 0.348 e. The Morgan fingerprint density at radius 2 is 1.48 bits per heavy atom. The van der Waals surface area contributed by atoms with E-state index in [0.717, 1.165) is 0 Å². The minimum atomic E-state index is -4.93. The zero-order chi connectivity index (χ0) is 22.6. The predicted molar refractivity (Wildman–Crippen MR) is 101 cm³/mol. The molecule has 0 aromatic rings. The molecule has 0 aromatic heterocycles. The molecule has 11 heteroatoms. The number of carbonyl (C=O) groups is 4. The van der Waals surface area contributed by atoms with Gasteiger partial charge in [0.1, 0.15) is 0 Å². The van der Waals surface area contributed by atoms with Crippen LogP contribution in [0.1, 0.15) is 47.0 Å². The van der Waals surface area contributed by atoms with E-state index in [4.69, 9.17) is 0 Å². The van der Waals surface area contributed by atoms with Gasteiger partial charge in [-0.1, -0.05) is 27.7 Å². The molecule has 0 aliphatic carbocycles. The number of halogens is 3. The predicted octanol–water partition coefficient (Wildman–Crippen LogP) is 0.659. The zero-order valence-corrected chi connectivity index (χ0v) is 17.2. The van der Waals surface area contributed by atoms with Crippen LogP contribution in [0.5, 0.6) is 0 Å². The van der Waals surface area contributed by atoms with Crippen LogP contribution in [0.25, 0.3) is 0 Å². The summed E-state index contributed by atoms with van der Waals surface area (Å²) in [4.78, 5) is 46.6. The molecule has 0 rings (SSSR count). The number of unbranched alkanes of at least 4 members (excludes halogenated alkanes) is 1.